The fourth-order valence-electron chi connectivity index (χ4n) is 4.85. The second-order valence-corrected chi connectivity index (χ2v) is 11.4. The normalized spacial score (nSPS) is 10.6. The number of carbonyl (C=O) groups is 4. The van der Waals surface area contributed by atoms with E-state index in [1.165, 1.54) is 0 Å². The van der Waals surface area contributed by atoms with E-state index in [1.54, 1.807) is 23.9 Å². The van der Waals surface area contributed by atoms with Gasteiger partial charge in [-0.2, -0.15) is 0 Å². The molecule has 8 heteroatoms. The summed E-state index contributed by atoms with van der Waals surface area (Å²) in [5.74, 6) is -0.577. The van der Waals surface area contributed by atoms with E-state index < -0.39 is 0 Å². The molecule has 0 aliphatic carbocycles. The largest absolute Gasteiger partial charge is 0.465 e. The first kappa shape index (κ1) is 35.0. The summed E-state index contributed by atoms with van der Waals surface area (Å²) in [6.07, 6.45) is 3.60. The zero-order chi connectivity index (χ0) is 32.4. The quantitative estimate of drug-likeness (QED) is 0.146. The maximum absolute atomic E-state index is 12.5. The Morgan fingerprint density at radius 2 is 1.07 bits per heavy atom. The van der Waals surface area contributed by atoms with Crippen molar-refractivity contribution in [3.8, 4) is 0 Å². The molecule has 0 aromatic heterocycles. The Labute approximate surface area is 267 Å². The van der Waals surface area contributed by atoms with Crippen LogP contribution in [0.25, 0.3) is 0 Å². The molecule has 0 N–H and O–H groups in total. The van der Waals surface area contributed by atoms with Gasteiger partial charge in [-0.25, -0.2) is 0 Å². The van der Waals surface area contributed by atoms with Gasteiger partial charge in [0.25, 0.3) is 0 Å². The first-order valence-electron chi connectivity index (χ1n) is 15.7. The smallest absolute Gasteiger partial charge is 0.310 e. The molecule has 45 heavy (non-hydrogen) atoms. The number of carbonyl (C=O) groups excluding carboxylic acids is 4. The van der Waals surface area contributed by atoms with Crippen LogP contribution in [0.1, 0.15) is 53.5 Å². The summed E-state index contributed by atoms with van der Waals surface area (Å²) in [5, 5.41) is 0. The molecular formula is C37H46N2O6. The molecule has 240 valence electrons. The number of aryl methyl sites for hydroxylation is 3. The van der Waals surface area contributed by atoms with Gasteiger partial charge in [-0.15, -0.1) is 0 Å². The van der Waals surface area contributed by atoms with E-state index in [1.807, 2.05) is 85.8 Å². The summed E-state index contributed by atoms with van der Waals surface area (Å²) in [6.45, 7) is 3.40. The topological polar surface area (TPSA) is 93.2 Å². The van der Waals surface area contributed by atoms with Gasteiger partial charge in [0.2, 0.25) is 11.8 Å². The highest BCUT2D eigenvalue weighted by Gasteiger charge is 2.13. The Bertz CT molecular complexity index is 1380. The summed E-state index contributed by atoms with van der Waals surface area (Å²) in [5.41, 5.74) is 4.76. The lowest BCUT2D eigenvalue weighted by Gasteiger charge is -2.17. The predicted molar refractivity (Wildman–Crippen MR) is 175 cm³/mol. The average Bonchev–Trinajstić information content (AvgIpc) is 3.05. The molecule has 2 amide bonds. The summed E-state index contributed by atoms with van der Waals surface area (Å²) < 4.78 is 10.8. The zero-order valence-corrected chi connectivity index (χ0v) is 26.8. The van der Waals surface area contributed by atoms with E-state index in [2.05, 4.69) is 0 Å². The summed E-state index contributed by atoms with van der Waals surface area (Å²) in [7, 11) is 3.53. The zero-order valence-electron chi connectivity index (χ0n) is 26.8. The number of amides is 2. The molecule has 0 fully saturated rings. The van der Waals surface area contributed by atoms with Crippen molar-refractivity contribution in [2.75, 3.05) is 40.4 Å². The Balaban J connectivity index is 1.30. The summed E-state index contributed by atoms with van der Waals surface area (Å²) >= 11 is 0. The van der Waals surface area contributed by atoms with Crippen LogP contribution >= 0.6 is 0 Å². The van der Waals surface area contributed by atoms with Crippen molar-refractivity contribution in [2.45, 2.75) is 58.3 Å². The Morgan fingerprint density at radius 3 is 1.56 bits per heavy atom. The molecule has 0 atom stereocenters. The van der Waals surface area contributed by atoms with Gasteiger partial charge in [-0.3, -0.25) is 19.2 Å². The molecule has 0 unspecified atom stereocenters. The third kappa shape index (κ3) is 13.4. The minimum Gasteiger partial charge on any atom is -0.465 e. The van der Waals surface area contributed by atoms with E-state index >= 15 is 0 Å². The van der Waals surface area contributed by atoms with Crippen LogP contribution in [0, 0.1) is 6.92 Å². The first-order valence-corrected chi connectivity index (χ1v) is 15.7. The lowest BCUT2D eigenvalue weighted by Crippen LogP contribution is -2.28. The molecule has 3 aromatic rings. The maximum atomic E-state index is 12.5. The summed E-state index contributed by atoms with van der Waals surface area (Å²) in [4.78, 5) is 53.1. The van der Waals surface area contributed by atoms with Crippen LogP contribution in [-0.4, -0.2) is 74.0 Å². The number of hydrogen-bond acceptors (Lipinski definition) is 6. The molecule has 3 rings (SSSR count). The highest BCUT2D eigenvalue weighted by Crippen LogP contribution is 2.14. The Kier molecular flexibility index (Phi) is 14.8. The predicted octanol–water partition coefficient (Wildman–Crippen LogP) is 5.13. The second kappa shape index (κ2) is 19.0. The van der Waals surface area contributed by atoms with E-state index in [4.69, 9.17) is 9.47 Å². The van der Waals surface area contributed by atoms with Gasteiger partial charge in [-0.1, -0.05) is 78.9 Å². The number of rotatable bonds is 18. The van der Waals surface area contributed by atoms with Crippen LogP contribution in [0.4, 0.5) is 0 Å². The van der Waals surface area contributed by atoms with Gasteiger partial charge in [-0.05, 0) is 60.4 Å². The second-order valence-electron chi connectivity index (χ2n) is 11.4. The standard InChI is InChI=1S/C37H46N2O6/c1-29-16-17-32(27-36(42)44-24-10-22-38(2)34(40)20-18-30-12-6-4-7-13-30)26-33(29)28-37(43)45-25-11-23-39(3)35(41)21-19-31-14-8-5-9-15-31/h4-9,12-17,26H,10-11,18-25,27-28H2,1-3H3. The van der Waals surface area contributed by atoms with Gasteiger partial charge in [0.15, 0.2) is 0 Å². The van der Waals surface area contributed by atoms with E-state index in [0.717, 1.165) is 27.8 Å². The van der Waals surface area contributed by atoms with Crippen molar-refractivity contribution in [1.29, 1.82) is 0 Å². The van der Waals surface area contributed by atoms with Crippen LogP contribution < -0.4 is 0 Å². The van der Waals surface area contributed by atoms with E-state index in [0.29, 0.717) is 51.6 Å². The molecule has 8 nitrogen and oxygen atoms in total. The molecule has 0 aliphatic heterocycles. The Morgan fingerprint density at radius 1 is 0.600 bits per heavy atom. The lowest BCUT2D eigenvalue weighted by molar-refractivity contribution is -0.144. The fourth-order valence-corrected chi connectivity index (χ4v) is 4.85. The molecule has 0 radical (unpaired) electrons. The van der Waals surface area contributed by atoms with Crippen molar-refractivity contribution >= 4 is 23.8 Å². The third-order valence-corrected chi connectivity index (χ3v) is 7.69. The lowest BCUT2D eigenvalue weighted by atomic mass is 10.0. The highest BCUT2D eigenvalue weighted by atomic mass is 16.5. The molecule has 3 aromatic carbocycles. The molecule has 0 bridgehead atoms. The van der Waals surface area contributed by atoms with Crippen molar-refractivity contribution in [3.63, 3.8) is 0 Å². The van der Waals surface area contributed by atoms with E-state index in [-0.39, 0.29) is 49.8 Å². The summed E-state index contributed by atoms with van der Waals surface area (Å²) in [6, 6.07) is 25.4. The van der Waals surface area contributed by atoms with Crippen molar-refractivity contribution < 1.29 is 28.7 Å². The first-order chi connectivity index (χ1) is 21.7. The van der Waals surface area contributed by atoms with Crippen LogP contribution in [0.2, 0.25) is 0 Å². The van der Waals surface area contributed by atoms with Crippen molar-refractivity contribution in [2.24, 2.45) is 0 Å². The van der Waals surface area contributed by atoms with Gasteiger partial charge >= 0.3 is 11.9 Å². The average molecular weight is 615 g/mol. The number of ether oxygens (including phenoxy) is 2. The molecule has 0 heterocycles. The van der Waals surface area contributed by atoms with Gasteiger partial charge in [0, 0.05) is 40.0 Å². The fraction of sp³-hybridized carbons (Fsp3) is 0.405. The minimum atomic E-state index is -0.354. The molecule has 0 aliphatic rings. The Hall–Kier alpha value is -4.46. The van der Waals surface area contributed by atoms with Crippen molar-refractivity contribution in [1.82, 2.24) is 9.80 Å². The molecular weight excluding hydrogens is 568 g/mol. The number of nitrogens with zero attached hydrogens (tertiary/aromatic N) is 2. The number of hydrogen-bond donors (Lipinski definition) is 0. The minimum absolute atomic E-state index is 0.0628. The van der Waals surface area contributed by atoms with Crippen molar-refractivity contribution in [3.05, 3.63) is 107 Å². The van der Waals surface area contributed by atoms with Gasteiger partial charge in [0.05, 0.1) is 26.1 Å². The highest BCUT2D eigenvalue weighted by molar-refractivity contribution is 5.77. The third-order valence-electron chi connectivity index (χ3n) is 7.69. The number of esters is 2. The van der Waals surface area contributed by atoms with Crippen LogP contribution in [0.5, 0.6) is 0 Å². The van der Waals surface area contributed by atoms with Gasteiger partial charge < -0.3 is 19.3 Å². The van der Waals surface area contributed by atoms with E-state index in [9.17, 15) is 19.2 Å². The SMILES string of the molecule is Cc1ccc(CC(=O)OCCCN(C)C(=O)CCc2ccccc2)cc1CC(=O)OCCCN(C)C(=O)CCc1ccccc1. The van der Waals surface area contributed by atoms with Gasteiger partial charge in [0.1, 0.15) is 0 Å². The van der Waals surface area contributed by atoms with Crippen LogP contribution in [0.3, 0.4) is 0 Å². The monoisotopic (exact) mass is 614 g/mol. The molecule has 0 saturated carbocycles. The molecule has 0 spiro atoms. The van der Waals surface area contributed by atoms with Crippen LogP contribution in [0.15, 0.2) is 78.9 Å². The molecule has 0 saturated heterocycles. The van der Waals surface area contributed by atoms with Crippen LogP contribution in [-0.2, 0) is 54.3 Å². The maximum Gasteiger partial charge on any atom is 0.310 e. The number of benzene rings is 3.